The minimum absolute atomic E-state index is 0.107. The van der Waals surface area contributed by atoms with Crippen LogP contribution >= 0.6 is 0 Å². The number of likely N-dealkylation sites (tertiary alicyclic amines) is 1. The second-order valence-electron chi connectivity index (χ2n) is 8.13. The molecule has 2 unspecified atom stereocenters. The first-order valence-corrected chi connectivity index (χ1v) is 11.1. The number of nitrogens with zero attached hydrogens (tertiary/aromatic N) is 1. The Morgan fingerprint density at radius 1 is 1.00 bits per heavy atom. The molecule has 33 heavy (non-hydrogen) atoms. The van der Waals surface area contributed by atoms with Crippen LogP contribution in [0, 0.1) is 0 Å². The maximum atomic E-state index is 13.1. The fourth-order valence-corrected chi connectivity index (χ4v) is 3.89. The molecule has 1 aliphatic heterocycles. The van der Waals surface area contributed by atoms with Crippen molar-refractivity contribution in [1.29, 1.82) is 0 Å². The van der Waals surface area contributed by atoms with Crippen molar-refractivity contribution in [2.45, 2.75) is 37.8 Å². The van der Waals surface area contributed by atoms with Gasteiger partial charge in [0.25, 0.3) is 5.91 Å². The van der Waals surface area contributed by atoms with Gasteiger partial charge in [-0.2, -0.15) is 0 Å². The Hall–Kier alpha value is -3.52. The van der Waals surface area contributed by atoms with Crippen LogP contribution in [0.3, 0.4) is 0 Å². The number of carboxylic acid groups (broad SMARTS) is 1. The molecular weight excluding hydrogens is 422 g/mol. The van der Waals surface area contributed by atoms with Crippen molar-refractivity contribution in [2.75, 3.05) is 19.6 Å². The van der Waals surface area contributed by atoms with E-state index < -0.39 is 18.1 Å². The Balaban J connectivity index is 1.67. The highest BCUT2D eigenvalue weighted by Gasteiger charge is 2.29. The van der Waals surface area contributed by atoms with E-state index in [1.807, 2.05) is 36.4 Å². The number of benzene rings is 2. The van der Waals surface area contributed by atoms with E-state index in [9.17, 15) is 19.2 Å². The number of nitrogens with one attached hydrogen (secondary N) is 2. The summed E-state index contributed by atoms with van der Waals surface area (Å²) in [7, 11) is 0. The maximum absolute atomic E-state index is 13.1. The van der Waals surface area contributed by atoms with Crippen LogP contribution in [0.15, 0.2) is 60.7 Å². The van der Waals surface area contributed by atoms with Crippen LogP contribution in [0.25, 0.3) is 0 Å². The number of hydrogen-bond acceptors (Lipinski definition) is 5. The number of Topliss-reactive ketones (excluding diaryl/α,β-unsaturated/α-hetero) is 1. The first kappa shape index (κ1) is 24.1. The highest BCUT2D eigenvalue weighted by atomic mass is 16.4. The molecule has 0 aromatic heterocycles. The number of aliphatic carboxylic acids is 1. The third kappa shape index (κ3) is 7.25. The molecule has 2 atom stereocenters. The van der Waals surface area contributed by atoms with Gasteiger partial charge >= 0.3 is 5.97 Å². The van der Waals surface area contributed by atoms with Crippen molar-refractivity contribution in [1.82, 2.24) is 15.5 Å². The van der Waals surface area contributed by atoms with Gasteiger partial charge in [0.05, 0.1) is 18.6 Å². The van der Waals surface area contributed by atoms with Crippen molar-refractivity contribution in [3.8, 4) is 0 Å². The van der Waals surface area contributed by atoms with Crippen LogP contribution in [-0.4, -0.2) is 65.3 Å². The highest BCUT2D eigenvalue weighted by molar-refractivity contribution is 5.98. The molecule has 2 aromatic rings. The Morgan fingerprint density at radius 2 is 1.67 bits per heavy atom. The molecule has 0 radical (unpaired) electrons. The van der Waals surface area contributed by atoms with Gasteiger partial charge in [0.2, 0.25) is 5.91 Å². The lowest BCUT2D eigenvalue weighted by Crippen LogP contribution is -2.51. The molecule has 2 amide bonds. The molecule has 0 aliphatic carbocycles. The summed E-state index contributed by atoms with van der Waals surface area (Å²) in [6.45, 7) is -0.0698. The predicted octanol–water partition coefficient (Wildman–Crippen LogP) is 1.65. The van der Waals surface area contributed by atoms with Crippen molar-refractivity contribution >= 4 is 23.6 Å². The lowest BCUT2D eigenvalue weighted by atomic mass is 10.0. The lowest BCUT2D eigenvalue weighted by Gasteiger charge is -2.24. The first-order valence-electron chi connectivity index (χ1n) is 11.1. The molecule has 0 bridgehead atoms. The molecule has 3 N–H and O–H groups in total. The molecule has 1 heterocycles. The van der Waals surface area contributed by atoms with Crippen LogP contribution in [0.4, 0.5) is 0 Å². The second-order valence-corrected chi connectivity index (χ2v) is 8.13. The summed E-state index contributed by atoms with van der Waals surface area (Å²) in [5, 5.41) is 14.9. The summed E-state index contributed by atoms with van der Waals surface area (Å²) in [5.74, 6) is -1.96. The zero-order chi connectivity index (χ0) is 23.6. The van der Waals surface area contributed by atoms with E-state index >= 15 is 0 Å². The van der Waals surface area contributed by atoms with Crippen LogP contribution in [0.1, 0.15) is 35.2 Å². The fourth-order valence-electron chi connectivity index (χ4n) is 3.89. The van der Waals surface area contributed by atoms with Gasteiger partial charge < -0.3 is 15.3 Å². The van der Waals surface area contributed by atoms with E-state index in [-0.39, 0.29) is 30.7 Å². The number of carboxylic acids is 1. The summed E-state index contributed by atoms with van der Waals surface area (Å²) in [5.41, 5.74) is 1.36. The highest BCUT2D eigenvalue weighted by Crippen LogP contribution is 2.13. The number of ketones is 1. The summed E-state index contributed by atoms with van der Waals surface area (Å²) >= 11 is 0. The van der Waals surface area contributed by atoms with Crippen LogP contribution in [0.2, 0.25) is 0 Å². The van der Waals surface area contributed by atoms with Gasteiger partial charge in [0, 0.05) is 12.1 Å². The van der Waals surface area contributed by atoms with Crippen molar-refractivity contribution in [3.05, 3.63) is 71.8 Å². The van der Waals surface area contributed by atoms with E-state index in [1.165, 1.54) is 4.90 Å². The average molecular weight is 452 g/mol. The monoisotopic (exact) mass is 451 g/mol. The second kappa shape index (κ2) is 11.9. The molecule has 8 heteroatoms. The maximum Gasteiger partial charge on any atom is 0.323 e. The average Bonchev–Trinajstić information content (AvgIpc) is 2.99. The smallest absolute Gasteiger partial charge is 0.323 e. The number of hydrogen-bond donors (Lipinski definition) is 3. The van der Waals surface area contributed by atoms with Crippen molar-refractivity contribution in [3.63, 3.8) is 0 Å². The van der Waals surface area contributed by atoms with Gasteiger partial charge in [-0.15, -0.1) is 0 Å². The van der Waals surface area contributed by atoms with Crippen LogP contribution in [-0.2, 0) is 20.8 Å². The summed E-state index contributed by atoms with van der Waals surface area (Å²) in [6.07, 6.45) is 2.33. The molecule has 2 aromatic carbocycles. The number of carbonyl (C=O) groups is 4. The predicted molar refractivity (Wildman–Crippen MR) is 123 cm³/mol. The molecule has 1 aliphatic rings. The largest absolute Gasteiger partial charge is 0.480 e. The quantitative estimate of drug-likeness (QED) is 0.506. The Morgan fingerprint density at radius 3 is 2.33 bits per heavy atom. The Labute approximate surface area is 193 Å². The van der Waals surface area contributed by atoms with Gasteiger partial charge in [0.1, 0.15) is 6.54 Å². The van der Waals surface area contributed by atoms with E-state index in [1.54, 1.807) is 24.3 Å². The van der Waals surface area contributed by atoms with E-state index in [4.69, 9.17) is 5.11 Å². The van der Waals surface area contributed by atoms with Gasteiger partial charge in [0.15, 0.2) is 5.78 Å². The summed E-state index contributed by atoms with van der Waals surface area (Å²) < 4.78 is 0. The van der Waals surface area contributed by atoms with Crippen molar-refractivity contribution < 1.29 is 24.3 Å². The number of amides is 2. The molecule has 0 spiro atoms. The van der Waals surface area contributed by atoms with E-state index in [2.05, 4.69) is 10.6 Å². The molecule has 8 nitrogen and oxygen atoms in total. The SMILES string of the molecule is O=C(O)CN1CCCCC(NCC(=O)C(Cc2ccccc2)NC(=O)c2ccccc2)C1=O. The van der Waals surface area contributed by atoms with E-state index in [0.29, 0.717) is 24.9 Å². The van der Waals surface area contributed by atoms with Crippen LogP contribution in [0.5, 0.6) is 0 Å². The zero-order valence-electron chi connectivity index (χ0n) is 18.4. The molecule has 0 saturated carbocycles. The number of carbonyl (C=O) groups excluding carboxylic acids is 3. The van der Waals surface area contributed by atoms with Gasteiger partial charge in [-0.25, -0.2) is 0 Å². The lowest BCUT2D eigenvalue weighted by molar-refractivity contribution is -0.145. The molecule has 3 rings (SSSR count). The third-order valence-corrected chi connectivity index (χ3v) is 5.64. The summed E-state index contributed by atoms with van der Waals surface area (Å²) in [6, 6.07) is 16.7. The zero-order valence-corrected chi connectivity index (χ0v) is 18.4. The van der Waals surface area contributed by atoms with Crippen LogP contribution < -0.4 is 10.6 Å². The van der Waals surface area contributed by atoms with Gasteiger partial charge in [-0.05, 0) is 43.4 Å². The topological polar surface area (TPSA) is 116 Å². The number of rotatable bonds is 10. The summed E-state index contributed by atoms with van der Waals surface area (Å²) in [4.78, 5) is 50.9. The Bertz CT molecular complexity index is 965. The molecule has 1 saturated heterocycles. The standard InChI is InChI=1S/C25H29N3O5/c29-22(16-26-20-13-7-8-14-28(25(20)33)17-23(30)31)21(15-18-9-3-1-4-10-18)27-24(32)19-11-5-2-6-12-19/h1-6,9-12,20-21,26H,7-8,13-17H2,(H,27,32)(H,30,31). The Kier molecular flexibility index (Phi) is 8.71. The van der Waals surface area contributed by atoms with Gasteiger partial charge in [-0.3, -0.25) is 24.5 Å². The minimum Gasteiger partial charge on any atom is -0.480 e. The minimum atomic E-state index is -1.06. The first-order chi connectivity index (χ1) is 15.9. The van der Waals surface area contributed by atoms with E-state index in [0.717, 1.165) is 18.4 Å². The normalized spacial score (nSPS) is 17.2. The molecule has 1 fully saturated rings. The van der Waals surface area contributed by atoms with Gasteiger partial charge in [-0.1, -0.05) is 48.5 Å². The fraction of sp³-hybridized carbons (Fsp3) is 0.360. The molecular formula is C25H29N3O5. The van der Waals surface area contributed by atoms with Crippen molar-refractivity contribution in [2.24, 2.45) is 0 Å². The third-order valence-electron chi connectivity index (χ3n) is 5.64. The molecule has 174 valence electrons.